The Kier molecular flexibility index (Phi) is 7.05. The molecule has 4 rings (SSSR count). The molecule has 0 saturated carbocycles. The van der Waals surface area contributed by atoms with E-state index in [1.54, 1.807) is 14.2 Å². The van der Waals surface area contributed by atoms with Gasteiger partial charge in [0.2, 0.25) is 0 Å². The van der Waals surface area contributed by atoms with E-state index in [2.05, 4.69) is 68.5 Å². The highest BCUT2D eigenvalue weighted by molar-refractivity contribution is 9.10. The highest BCUT2D eigenvalue weighted by Crippen LogP contribution is 2.35. The summed E-state index contributed by atoms with van der Waals surface area (Å²) in [4.78, 5) is 2.21. The molecule has 0 spiro atoms. The van der Waals surface area contributed by atoms with E-state index in [0.717, 1.165) is 44.2 Å². The molecule has 0 fully saturated rings. The molecule has 33 heavy (non-hydrogen) atoms. The second-order valence-electron chi connectivity index (χ2n) is 7.76. The van der Waals surface area contributed by atoms with Crippen LogP contribution in [-0.4, -0.2) is 46.4 Å². The maximum Gasteiger partial charge on any atom is 0.178 e. The van der Waals surface area contributed by atoms with E-state index in [1.807, 2.05) is 53.2 Å². The molecular weight excluding hydrogens is 482 g/mol. The lowest BCUT2D eigenvalue weighted by atomic mass is 10.0. The Morgan fingerprint density at radius 1 is 0.970 bits per heavy atom. The molecular formula is C25H26BrN5O2. The third-order valence-electron chi connectivity index (χ3n) is 5.61. The van der Waals surface area contributed by atoms with Gasteiger partial charge in [-0.1, -0.05) is 48.5 Å². The van der Waals surface area contributed by atoms with E-state index < -0.39 is 0 Å². The Balaban J connectivity index is 1.78. The van der Waals surface area contributed by atoms with Crippen molar-refractivity contribution in [2.45, 2.75) is 19.5 Å². The van der Waals surface area contributed by atoms with Gasteiger partial charge in [-0.15, -0.1) is 5.10 Å². The standard InChI is InChI=1S/C25H26BrN5O2/c1-17-10-8-9-13-21(17)31-25(27-28-29-31)24(18-11-6-5-7-12-18)30(2)16-19-14-20(26)23(33-4)15-22(19)32-3/h5-15,24H,16H2,1-4H3. The van der Waals surface area contributed by atoms with Gasteiger partial charge in [0, 0.05) is 18.2 Å². The molecule has 1 unspecified atom stereocenters. The van der Waals surface area contributed by atoms with Crippen LogP contribution in [0.4, 0.5) is 0 Å². The number of benzene rings is 3. The van der Waals surface area contributed by atoms with Crippen LogP contribution >= 0.6 is 15.9 Å². The summed E-state index contributed by atoms with van der Waals surface area (Å²) in [6.45, 7) is 2.66. The molecule has 0 N–H and O–H groups in total. The molecule has 7 nitrogen and oxygen atoms in total. The molecule has 0 radical (unpaired) electrons. The van der Waals surface area contributed by atoms with Gasteiger partial charge in [-0.3, -0.25) is 4.90 Å². The summed E-state index contributed by atoms with van der Waals surface area (Å²) < 4.78 is 13.8. The quantitative estimate of drug-likeness (QED) is 0.335. The van der Waals surface area contributed by atoms with Crippen LogP contribution in [-0.2, 0) is 6.54 Å². The summed E-state index contributed by atoms with van der Waals surface area (Å²) in [6.07, 6.45) is 0. The Hall–Kier alpha value is -3.23. The van der Waals surface area contributed by atoms with Gasteiger partial charge in [-0.05, 0) is 63.6 Å². The summed E-state index contributed by atoms with van der Waals surface area (Å²) >= 11 is 3.60. The highest BCUT2D eigenvalue weighted by atomic mass is 79.9. The Morgan fingerprint density at radius 2 is 1.67 bits per heavy atom. The van der Waals surface area contributed by atoms with Gasteiger partial charge in [0.05, 0.1) is 30.4 Å². The lowest BCUT2D eigenvalue weighted by Crippen LogP contribution is -2.28. The number of hydrogen-bond acceptors (Lipinski definition) is 6. The number of halogens is 1. The lowest BCUT2D eigenvalue weighted by molar-refractivity contribution is 0.253. The van der Waals surface area contributed by atoms with Crippen LogP contribution in [0.3, 0.4) is 0 Å². The molecule has 0 saturated heterocycles. The minimum atomic E-state index is -0.189. The van der Waals surface area contributed by atoms with E-state index in [0.29, 0.717) is 6.54 Å². The minimum absolute atomic E-state index is 0.189. The molecule has 4 aromatic rings. The number of ether oxygens (including phenoxy) is 2. The molecule has 0 aliphatic carbocycles. The van der Waals surface area contributed by atoms with Crippen molar-refractivity contribution < 1.29 is 9.47 Å². The first-order chi connectivity index (χ1) is 16.0. The molecule has 3 aromatic carbocycles. The molecule has 0 aliphatic heterocycles. The zero-order valence-electron chi connectivity index (χ0n) is 19.1. The smallest absolute Gasteiger partial charge is 0.178 e. The first kappa shape index (κ1) is 22.9. The summed E-state index contributed by atoms with van der Waals surface area (Å²) in [5.74, 6) is 2.22. The zero-order chi connectivity index (χ0) is 23.4. The predicted octanol–water partition coefficient (Wildman–Crippen LogP) is 4.97. The van der Waals surface area contributed by atoms with E-state index in [1.165, 1.54) is 0 Å². The summed E-state index contributed by atoms with van der Waals surface area (Å²) in [6, 6.07) is 22.1. The molecule has 0 amide bonds. The molecule has 0 aliphatic rings. The lowest BCUT2D eigenvalue weighted by Gasteiger charge is -2.28. The molecule has 8 heteroatoms. The van der Waals surface area contributed by atoms with Gasteiger partial charge < -0.3 is 9.47 Å². The fraction of sp³-hybridized carbons (Fsp3) is 0.240. The zero-order valence-corrected chi connectivity index (χ0v) is 20.7. The third-order valence-corrected chi connectivity index (χ3v) is 6.23. The average molecular weight is 508 g/mol. The van der Waals surface area contributed by atoms with Crippen molar-refractivity contribution >= 4 is 15.9 Å². The van der Waals surface area contributed by atoms with Crippen molar-refractivity contribution in [3.63, 3.8) is 0 Å². The molecule has 0 bridgehead atoms. The maximum absolute atomic E-state index is 5.66. The number of methoxy groups -OCH3 is 2. The number of rotatable bonds is 8. The van der Waals surface area contributed by atoms with Crippen LogP contribution in [0.5, 0.6) is 11.5 Å². The Bertz CT molecular complexity index is 1230. The van der Waals surface area contributed by atoms with Crippen molar-refractivity contribution in [3.8, 4) is 17.2 Å². The van der Waals surface area contributed by atoms with Gasteiger partial charge in [-0.2, -0.15) is 4.68 Å². The van der Waals surface area contributed by atoms with Crippen LogP contribution in [0.2, 0.25) is 0 Å². The van der Waals surface area contributed by atoms with E-state index in [4.69, 9.17) is 9.47 Å². The number of aryl methyl sites for hydroxylation is 1. The molecule has 1 heterocycles. The minimum Gasteiger partial charge on any atom is -0.496 e. The second-order valence-corrected chi connectivity index (χ2v) is 8.62. The maximum atomic E-state index is 5.66. The van der Waals surface area contributed by atoms with Crippen molar-refractivity contribution in [1.82, 2.24) is 25.1 Å². The highest BCUT2D eigenvalue weighted by Gasteiger charge is 2.27. The number of aromatic nitrogens is 4. The second kappa shape index (κ2) is 10.1. The molecule has 170 valence electrons. The van der Waals surface area contributed by atoms with Gasteiger partial charge in [0.15, 0.2) is 5.82 Å². The number of tetrazole rings is 1. The van der Waals surface area contributed by atoms with Gasteiger partial charge in [0.1, 0.15) is 11.5 Å². The Labute approximate surface area is 202 Å². The first-order valence-electron chi connectivity index (χ1n) is 10.5. The topological polar surface area (TPSA) is 65.3 Å². The fourth-order valence-corrected chi connectivity index (χ4v) is 4.53. The number of nitrogens with zero attached hydrogens (tertiary/aromatic N) is 5. The SMILES string of the molecule is COc1cc(OC)c(CN(C)C(c2ccccc2)c2nnnn2-c2ccccc2C)cc1Br. The van der Waals surface area contributed by atoms with Crippen molar-refractivity contribution in [2.24, 2.45) is 0 Å². The van der Waals surface area contributed by atoms with Crippen LogP contribution in [0.25, 0.3) is 5.69 Å². The summed E-state index contributed by atoms with van der Waals surface area (Å²) in [5.41, 5.74) is 4.16. The Morgan fingerprint density at radius 3 is 2.36 bits per heavy atom. The van der Waals surface area contributed by atoms with Crippen LogP contribution < -0.4 is 9.47 Å². The third kappa shape index (κ3) is 4.77. The van der Waals surface area contributed by atoms with Crippen LogP contribution in [0, 0.1) is 6.92 Å². The predicted molar refractivity (Wildman–Crippen MR) is 131 cm³/mol. The molecule has 1 aromatic heterocycles. The largest absolute Gasteiger partial charge is 0.496 e. The van der Waals surface area contributed by atoms with Crippen molar-refractivity contribution in [2.75, 3.05) is 21.3 Å². The van der Waals surface area contributed by atoms with Gasteiger partial charge in [0.25, 0.3) is 0 Å². The first-order valence-corrected chi connectivity index (χ1v) is 11.3. The van der Waals surface area contributed by atoms with E-state index in [-0.39, 0.29) is 6.04 Å². The van der Waals surface area contributed by atoms with Gasteiger partial charge >= 0.3 is 0 Å². The fourth-order valence-electron chi connectivity index (χ4n) is 3.98. The van der Waals surface area contributed by atoms with Crippen LogP contribution in [0.15, 0.2) is 71.2 Å². The average Bonchev–Trinajstić information content (AvgIpc) is 3.29. The van der Waals surface area contributed by atoms with Crippen molar-refractivity contribution in [3.05, 3.63) is 93.7 Å². The van der Waals surface area contributed by atoms with Gasteiger partial charge in [-0.25, -0.2) is 0 Å². The normalized spacial score (nSPS) is 12.1. The van der Waals surface area contributed by atoms with E-state index in [9.17, 15) is 0 Å². The molecule has 1 atom stereocenters. The van der Waals surface area contributed by atoms with Crippen molar-refractivity contribution in [1.29, 1.82) is 0 Å². The summed E-state index contributed by atoms with van der Waals surface area (Å²) in [5, 5.41) is 12.8. The number of hydrogen-bond donors (Lipinski definition) is 0. The van der Waals surface area contributed by atoms with E-state index >= 15 is 0 Å². The summed E-state index contributed by atoms with van der Waals surface area (Å²) in [7, 11) is 5.37. The monoisotopic (exact) mass is 507 g/mol. The number of para-hydroxylation sites is 1. The van der Waals surface area contributed by atoms with Crippen LogP contribution in [0.1, 0.15) is 28.6 Å².